The third kappa shape index (κ3) is 12.6. The molecule has 0 saturated carbocycles. The van der Waals surface area contributed by atoms with Gasteiger partial charge in [-0.05, 0) is 117 Å². The van der Waals surface area contributed by atoms with Crippen LogP contribution in [0.15, 0.2) is 208 Å². The monoisotopic (exact) mass is 1360 g/mol. The number of hydrogen-bond donors (Lipinski definition) is 0. The van der Waals surface area contributed by atoms with Crippen LogP contribution in [0.4, 0.5) is 0 Å². The average Bonchev–Trinajstić information content (AvgIpc) is 1.74. The van der Waals surface area contributed by atoms with Crippen LogP contribution in [0.3, 0.4) is 0 Å². The third-order valence-corrected chi connectivity index (χ3v) is 18.8. The van der Waals surface area contributed by atoms with Gasteiger partial charge in [0.25, 0.3) is 0 Å². The second-order valence-corrected chi connectivity index (χ2v) is 25.4. The second kappa shape index (κ2) is 27.4. The molecule has 17 heteroatoms. The fraction of sp³-hybridized carbons (Fsp3) is 0.200. The first kappa shape index (κ1) is 66.6. The molecule has 0 unspecified atom stereocenters. The van der Waals surface area contributed by atoms with E-state index in [-0.39, 0.29) is 32.7 Å². The first-order valence-electron chi connectivity index (χ1n) is 32.3. The van der Waals surface area contributed by atoms with Crippen molar-refractivity contribution >= 4 is 23.1 Å². The molecule has 4 aromatic carbocycles. The minimum atomic E-state index is 0. The van der Waals surface area contributed by atoms with Gasteiger partial charge in [0.2, 0.25) is 40.2 Å². The Morgan fingerprint density at radius 1 is 0.351 bits per heavy atom. The van der Waals surface area contributed by atoms with E-state index in [0.717, 1.165) is 62.7 Å². The minimum Gasteiger partial charge on any atom is -0.347 e. The number of fused-ring (bicyclic) bond motifs is 4. The SMILES string of the molecule is Cc1c[n+](C)c(-c2cn3ccnc3n2C)cc1-c1c(C)cccc1C.Cc1cc(-c2cn3ccnc3n2C)[n+](C)cc1-c1c(C)cccc1C.Cc1ccccc1-c1c[n+](C)c(-c2cn3ccnc3n2C)cc1C.Cn1c(-c2[c-]c(-c3[c-]cccc3)cc[n+]2C)cn2ccnc12.[Y]. The Kier molecular flexibility index (Phi) is 18.8. The zero-order valence-corrected chi connectivity index (χ0v) is 61.2. The van der Waals surface area contributed by atoms with Gasteiger partial charge in [-0.25, -0.2) is 35.6 Å². The molecule has 0 atom stereocenters. The summed E-state index contributed by atoms with van der Waals surface area (Å²) in [4.78, 5) is 17.6. The molecule has 0 bridgehead atoms. The Morgan fingerprint density at radius 3 is 1.22 bits per heavy atom. The average molecular weight is 1360 g/mol. The van der Waals surface area contributed by atoms with Crippen molar-refractivity contribution < 1.29 is 51.0 Å². The Balaban J connectivity index is 0.000000123. The number of aryl methyl sites for hydroxylation is 16. The zero-order valence-electron chi connectivity index (χ0n) is 58.4. The molecule has 0 spiro atoms. The molecule has 0 aliphatic carbocycles. The van der Waals surface area contributed by atoms with Gasteiger partial charge in [-0.15, -0.1) is 18.2 Å². The van der Waals surface area contributed by atoms with E-state index < -0.39 is 0 Å². The first-order chi connectivity index (χ1) is 46.2. The number of hydrogen-bond acceptors (Lipinski definition) is 4. The summed E-state index contributed by atoms with van der Waals surface area (Å²) in [7, 11) is 16.6. The van der Waals surface area contributed by atoms with Crippen LogP contribution in [0.5, 0.6) is 0 Å². The van der Waals surface area contributed by atoms with Gasteiger partial charge in [-0.3, -0.25) is 13.2 Å². The van der Waals surface area contributed by atoms with Crippen molar-refractivity contribution in [3.8, 4) is 90.1 Å². The molecule has 16 nitrogen and oxygen atoms in total. The van der Waals surface area contributed by atoms with Crippen molar-refractivity contribution in [2.75, 3.05) is 0 Å². The van der Waals surface area contributed by atoms with Crippen molar-refractivity contribution in [3.05, 3.63) is 265 Å². The van der Waals surface area contributed by atoms with Crippen LogP contribution in [0.2, 0.25) is 0 Å². The maximum Gasteiger partial charge on any atom is 0.231 e. The molecule has 0 amide bonds. The molecular formula is C80H82N16Y+2. The van der Waals surface area contributed by atoms with E-state index in [1.807, 2.05) is 86.1 Å². The van der Waals surface area contributed by atoms with Gasteiger partial charge in [0.15, 0.2) is 18.6 Å². The largest absolute Gasteiger partial charge is 0.347 e. The zero-order chi connectivity index (χ0) is 67.4. The smallest absolute Gasteiger partial charge is 0.231 e. The molecule has 1 radical (unpaired) electrons. The van der Waals surface area contributed by atoms with Crippen molar-refractivity contribution in [1.82, 2.24) is 55.8 Å². The predicted molar refractivity (Wildman–Crippen MR) is 380 cm³/mol. The van der Waals surface area contributed by atoms with E-state index in [2.05, 4.69) is 314 Å². The molecule has 12 aromatic heterocycles. The van der Waals surface area contributed by atoms with E-state index in [1.54, 1.807) is 6.20 Å². The van der Waals surface area contributed by atoms with Gasteiger partial charge in [0, 0.05) is 170 Å². The van der Waals surface area contributed by atoms with E-state index in [1.165, 1.54) is 95.0 Å². The van der Waals surface area contributed by atoms with Crippen molar-refractivity contribution in [2.45, 2.75) is 55.4 Å². The molecule has 16 aromatic rings. The summed E-state index contributed by atoms with van der Waals surface area (Å²) in [6, 6.07) is 45.1. The van der Waals surface area contributed by atoms with E-state index in [0.29, 0.717) is 0 Å². The molecule has 0 aliphatic rings. The molecule has 16 rings (SSSR count). The van der Waals surface area contributed by atoms with E-state index in [9.17, 15) is 0 Å². The van der Waals surface area contributed by atoms with Crippen LogP contribution < -0.4 is 18.3 Å². The van der Waals surface area contributed by atoms with E-state index >= 15 is 0 Å². The van der Waals surface area contributed by atoms with Gasteiger partial charge >= 0.3 is 0 Å². The van der Waals surface area contributed by atoms with Crippen LogP contribution in [0.1, 0.15) is 44.5 Å². The van der Waals surface area contributed by atoms with Crippen molar-refractivity contribution in [3.63, 3.8) is 0 Å². The molecule has 0 aliphatic heterocycles. The molecule has 12 heterocycles. The predicted octanol–water partition coefficient (Wildman–Crippen LogP) is 13.4. The molecule has 0 saturated heterocycles. The van der Waals surface area contributed by atoms with Gasteiger partial charge in [-0.1, -0.05) is 60.7 Å². The summed E-state index contributed by atoms with van der Waals surface area (Å²) in [5.41, 5.74) is 29.4. The standard InChI is InChI=1S/2C21H23N4.C20H21N4.C18H15N4.Y/c1-14-7-6-8-15(2)20(14)17-11-18(23(4)12-16(17)3)19-13-25-10-9-22-21(25)24(19)5;1-14-7-6-8-15(2)20(14)17-12-23(4)18(11-16(17)3)19-13-25-10-9-22-21(25)24(19)5;1-14-7-5-6-8-16(14)17-12-22(3)18(11-15(17)2)19-13-24-10-9-21-20(24)23(19)4;1-20-10-8-15(14-6-4-3-5-7-14)12-16(20)17-13-22-11-9-19-18(22)21(17)2;/h2*6-13H,1-5H3;5-13H,1-4H3;3-6,8-11,13H,1-2H3;/q3*+1;-1;. The minimum absolute atomic E-state index is 0. The summed E-state index contributed by atoms with van der Waals surface area (Å²) in [5, 5.41) is 0. The summed E-state index contributed by atoms with van der Waals surface area (Å²) in [6.07, 6.45) is 32.4. The Labute approximate surface area is 592 Å². The summed E-state index contributed by atoms with van der Waals surface area (Å²) >= 11 is 0. The quantitative estimate of drug-likeness (QED) is 0.112. The molecular weight excluding hydrogens is 1270 g/mol. The van der Waals surface area contributed by atoms with E-state index in [4.69, 9.17) is 0 Å². The normalized spacial score (nSPS) is 11.2. The van der Waals surface area contributed by atoms with Crippen molar-refractivity contribution in [2.24, 2.45) is 56.4 Å². The number of pyridine rings is 4. The second-order valence-electron chi connectivity index (χ2n) is 25.4. The molecule has 97 heavy (non-hydrogen) atoms. The van der Waals surface area contributed by atoms with Crippen LogP contribution >= 0.6 is 0 Å². The number of aromatic nitrogens is 16. The summed E-state index contributed by atoms with van der Waals surface area (Å²) in [5.74, 6) is 3.77. The van der Waals surface area contributed by atoms with Crippen LogP contribution in [0, 0.1) is 67.5 Å². The Morgan fingerprint density at radius 2 is 0.753 bits per heavy atom. The Hall–Kier alpha value is -10.4. The van der Waals surface area contributed by atoms with Crippen LogP contribution in [-0.4, -0.2) is 55.8 Å². The fourth-order valence-electron chi connectivity index (χ4n) is 13.6. The topological polar surface area (TPSA) is 104 Å². The maximum atomic E-state index is 4.44. The number of nitrogens with zero attached hydrogens (tertiary/aromatic N) is 16. The number of benzene rings is 4. The van der Waals surface area contributed by atoms with Crippen LogP contribution in [0.25, 0.3) is 113 Å². The molecule has 483 valence electrons. The van der Waals surface area contributed by atoms with Gasteiger partial charge in [0.05, 0.1) is 5.69 Å². The fourth-order valence-corrected chi connectivity index (χ4v) is 13.6. The first-order valence-corrected chi connectivity index (χ1v) is 32.3. The van der Waals surface area contributed by atoms with Gasteiger partial charge < -0.3 is 22.7 Å². The number of rotatable bonds is 8. The molecule has 0 N–H and O–H groups in total. The number of imidazole rings is 8. The summed E-state index contributed by atoms with van der Waals surface area (Å²) < 4.78 is 25.3. The van der Waals surface area contributed by atoms with Crippen LogP contribution in [-0.2, 0) is 89.1 Å². The summed E-state index contributed by atoms with van der Waals surface area (Å²) in [6.45, 7) is 17.5. The maximum absolute atomic E-state index is 4.44. The Bertz CT molecular complexity index is 5540. The molecule has 0 fully saturated rings. The van der Waals surface area contributed by atoms with Crippen molar-refractivity contribution in [1.29, 1.82) is 0 Å². The van der Waals surface area contributed by atoms with Gasteiger partial charge in [-0.2, -0.15) is 38.0 Å². The third-order valence-electron chi connectivity index (χ3n) is 18.8. The van der Waals surface area contributed by atoms with Gasteiger partial charge in [0.1, 0.15) is 57.2 Å².